The molecule has 5 heteroatoms. The number of carbonyl (C=O) groups is 1. The third-order valence-electron chi connectivity index (χ3n) is 1.93. The largest absolute Gasteiger partial charge is 0.478 e. The normalized spacial score (nSPS) is 12.5. The summed E-state index contributed by atoms with van der Waals surface area (Å²) in [6.45, 7) is 1.66. The van der Waals surface area contributed by atoms with Gasteiger partial charge in [-0.25, -0.2) is 13.6 Å². The van der Waals surface area contributed by atoms with Crippen molar-refractivity contribution < 1.29 is 18.7 Å². The molecule has 0 aliphatic carbocycles. The van der Waals surface area contributed by atoms with E-state index in [4.69, 9.17) is 10.8 Å². The lowest BCUT2D eigenvalue weighted by Gasteiger charge is -2.08. The number of hydrogen-bond donors (Lipinski definition) is 2. The summed E-state index contributed by atoms with van der Waals surface area (Å²) in [4.78, 5) is 10.5. The van der Waals surface area contributed by atoms with Gasteiger partial charge in [0.25, 0.3) is 0 Å². The van der Waals surface area contributed by atoms with Gasteiger partial charge in [0.15, 0.2) is 11.6 Å². The fraction of sp³-hybridized carbons (Fsp3) is 0.300. The highest BCUT2D eigenvalue weighted by molar-refractivity contribution is 5.88. The van der Waals surface area contributed by atoms with Crippen molar-refractivity contribution in [3.05, 3.63) is 34.9 Å². The molecule has 1 aromatic carbocycles. The zero-order valence-electron chi connectivity index (χ0n) is 8.13. The van der Waals surface area contributed by atoms with E-state index in [-0.39, 0.29) is 18.0 Å². The molecule has 0 radical (unpaired) electrons. The number of halogens is 2. The van der Waals surface area contributed by atoms with Crippen molar-refractivity contribution in [1.29, 1.82) is 0 Å². The first-order valence-electron chi connectivity index (χ1n) is 4.39. The molecule has 0 fully saturated rings. The molecule has 0 spiro atoms. The Morgan fingerprint density at radius 1 is 1.47 bits per heavy atom. The minimum atomic E-state index is -1.49. The number of rotatable bonds is 3. The van der Waals surface area contributed by atoms with Crippen LogP contribution in [0.15, 0.2) is 12.1 Å². The number of benzene rings is 1. The van der Waals surface area contributed by atoms with Crippen molar-refractivity contribution >= 4 is 5.97 Å². The number of hydrogen-bond acceptors (Lipinski definition) is 2. The Kier molecular flexibility index (Phi) is 3.36. The molecular formula is C10H11F2NO2. The summed E-state index contributed by atoms with van der Waals surface area (Å²) in [6, 6.07) is 1.97. The maximum absolute atomic E-state index is 13.3. The Hall–Kier alpha value is -1.49. The van der Waals surface area contributed by atoms with Gasteiger partial charge in [0.05, 0.1) is 5.56 Å². The minimum Gasteiger partial charge on any atom is -0.478 e. The molecule has 1 rings (SSSR count). The maximum atomic E-state index is 13.3. The molecular weight excluding hydrogens is 204 g/mol. The zero-order valence-corrected chi connectivity index (χ0v) is 8.13. The molecule has 3 N–H and O–H groups in total. The van der Waals surface area contributed by atoms with Crippen molar-refractivity contribution in [3.63, 3.8) is 0 Å². The minimum absolute atomic E-state index is 0.0903. The molecule has 3 nitrogen and oxygen atoms in total. The van der Waals surface area contributed by atoms with E-state index in [9.17, 15) is 13.6 Å². The van der Waals surface area contributed by atoms with Crippen LogP contribution < -0.4 is 5.73 Å². The lowest BCUT2D eigenvalue weighted by atomic mass is 10.0. The standard InChI is InChI=1S/C10H11F2NO2/c1-5(13)4-6-2-3-7(10(14)15)9(12)8(6)11/h2-3,5H,4,13H2,1H3,(H,14,15). The fourth-order valence-corrected chi connectivity index (χ4v) is 1.26. The molecule has 0 aliphatic rings. The number of nitrogens with two attached hydrogens (primary N) is 1. The molecule has 1 atom stereocenters. The first kappa shape index (κ1) is 11.6. The van der Waals surface area contributed by atoms with Crippen LogP contribution in [0.1, 0.15) is 22.8 Å². The van der Waals surface area contributed by atoms with E-state index in [1.807, 2.05) is 0 Å². The van der Waals surface area contributed by atoms with Gasteiger partial charge in [-0.1, -0.05) is 6.07 Å². The van der Waals surface area contributed by atoms with E-state index in [1.165, 1.54) is 6.07 Å². The van der Waals surface area contributed by atoms with Gasteiger partial charge in [0.2, 0.25) is 0 Å². The number of carboxylic acid groups (broad SMARTS) is 1. The summed E-state index contributed by atoms with van der Waals surface area (Å²) in [5.74, 6) is -3.95. The van der Waals surface area contributed by atoms with Crippen LogP contribution in [0.2, 0.25) is 0 Å². The van der Waals surface area contributed by atoms with Crippen LogP contribution in [0.25, 0.3) is 0 Å². The molecule has 0 aromatic heterocycles. The average molecular weight is 215 g/mol. The van der Waals surface area contributed by atoms with Gasteiger partial charge in [-0.2, -0.15) is 0 Å². The summed E-state index contributed by atoms with van der Waals surface area (Å²) in [6.07, 6.45) is 0.169. The highest BCUT2D eigenvalue weighted by atomic mass is 19.2. The Morgan fingerprint density at radius 3 is 2.53 bits per heavy atom. The van der Waals surface area contributed by atoms with Crippen molar-refractivity contribution in [3.8, 4) is 0 Å². The van der Waals surface area contributed by atoms with Crippen LogP contribution in [-0.2, 0) is 6.42 Å². The Morgan fingerprint density at radius 2 is 2.07 bits per heavy atom. The SMILES string of the molecule is CC(N)Cc1ccc(C(=O)O)c(F)c1F. The van der Waals surface area contributed by atoms with Gasteiger partial charge >= 0.3 is 5.97 Å². The number of aromatic carboxylic acids is 1. The predicted octanol–water partition coefficient (Wildman–Crippen LogP) is 1.55. The van der Waals surface area contributed by atoms with Crippen LogP contribution in [0.3, 0.4) is 0 Å². The second-order valence-electron chi connectivity index (χ2n) is 3.39. The fourth-order valence-electron chi connectivity index (χ4n) is 1.26. The van der Waals surface area contributed by atoms with Gasteiger partial charge in [-0.15, -0.1) is 0 Å². The van der Waals surface area contributed by atoms with Crippen LogP contribution in [0.5, 0.6) is 0 Å². The molecule has 0 bridgehead atoms. The quantitative estimate of drug-likeness (QED) is 0.804. The third-order valence-corrected chi connectivity index (χ3v) is 1.93. The maximum Gasteiger partial charge on any atom is 0.338 e. The molecule has 15 heavy (non-hydrogen) atoms. The smallest absolute Gasteiger partial charge is 0.338 e. The van der Waals surface area contributed by atoms with Gasteiger partial charge in [-0.05, 0) is 25.0 Å². The average Bonchev–Trinajstić information content (AvgIpc) is 2.12. The van der Waals surface area contributed by atoms with Crippen LogP contribution in [0.4, 0.5) is 8.78 Å². The number of carboxylic acids is 1. The molecule has 0 heterocycles. The molecule has 1 unspecified atom stereocenters. The summed E-state index contributed by atoms with van der Waals surface area (Å²) in [5, 5.41) is 8.53. The van der Waals surface area contributed by atoms with Gasteiger partial charge in [0, 0.05) is 6.04 Å². The van der Waals surface area contributed by atoms with E-state index in [1.54, 1.807) is 6.92 Å². The topological polar surface area (TPSA) is 63.3 Å². The molecule has 0 saturated heterocycles. The Labute approximate surface area is 85.5 Å². The molecule has 0 aliphatic heterocycles. The van der Waals surface area contributed by atoms with E-state index in [2.05, 4.69) is 0 Å². The van der Waals surface area contributed by atoms with Crippen LogP contribution in [0, 0.1) is 11.6 Å². The summed E-state index contributed by atoms with van der Waals surface area (Å²) >= 11 is 0. The summed E-state index contributed by atoms with van der Waals surface area (Å²) in [5.41, 5.74) is 4.86. The van der Waals surface area contributed by atoms with E-state index in [0.717, 1.165) is 6.07 Å². The van der Waals surface area contributed by atoms with Gasteiger partial charge < -0.3 is 10.8 Å². The summed E-state index contributed by atoms with van der Waals surface area (Å²) < 4.78 is 26.5. The second-order valence-corrected chi connectivity index (χ2v) is 3.39. The molecule has 0 amide bonds. The highest BCUT2D eigenvalue weighted by Gasteiger charge is 2.18. The lowest BCUT2D eigenvalue weighted by Crippen LogP contribution is -2.19. The van der Waals surface area contributed by atoms with Crippen molar-refractivity contribution in [1.82, 2.24) is 0 Å². The predicted molar refractivity (Wildman–Crippen MR) is 50.7 cm³/mol. The zero-order chi connectivity index (χ0) is 11.6. The van der Waals surface area contributed by atoms with Crippen LogP contribution >= 0.6 is 0 Å². The van der Waals surface area contributed by atoms with Crippen molar-refractivity contribution in [2.24, 2.45) is 5.73 Å². The van der Waals surface area contributed by atoms with E-state index < -0.39 is 23.2 Å². The Balaban J connectivity index is 3.15. The second kappa shape index (κ2) is 4.35. The first-order chi connectivity index (χ1) is 6.93. The van der Waals surface area contributed by atoms with Crippen molar-refractivity contribution in [2.75, 3.05) is 0 Å². The van der Waals surface area contributed by atoms with Gasteiger partial charge in [0.1, 0.15) is 0 Å². The monoisotopic (exact) mass is 215 g/mol. The molecule has 1 aromatic rings. The van der Waals surface area contributed by atoms with E-state index >= 15 is 0 Å². The van der Waals surface area contributed by atoms with Crippen LogP contribution in [-0.4, -0.2) is 17.1 Å². The van der Waals surface area contributed by atoms with Gasteiger partial charge in [-0.3, -0.25) is 0 Å². The molecule has 0 saturated carbocycles. The highest BCUT2D eigenvalue weighted by Crippen LogP contribution is 2.17. The van der Waals surface area contributed by atoms with E-state index in [0.29, 0.717) is 0 Å². The Bertz CT molecular complexity index is 391. The summed E-state index contributed by atoms with van der Waals surface area (Å²) in [7, 11) is 0. The molecule has 82 valence electrons. The first-order valence-corrected chi connectivity index (χ1v) is 4.39. The third kappa shape index (κ3) is 2.50. The lowest BCUT2D eigenvalue weighted by molar-refractivity contribution is 0.0690. The van der Waals surface area contributed by atoms with Crippen molar-refractivity contribution in [2.45, 2.75) is 19.4 Å².